The van der Waals surface area contributed by atoms with Gasteiger partial charge in [-0.3, -0.25) is 4.98 Å². The third kappa shape index (κ3) is 10.1. The molecule has 2 heterocycles. The molecular formula is C38H49BrClN3O5. The number of carboxylic acid groups (broad SMARTS) is 2. The van der Waals surface area contributed by atoms with E-state index >= 15 is 0 Å². The van der Waals surface area contributed by atoms with Gasteiger partial charge in [0.1, 0.15) is 5.75 Å². The number of ether oxygens (including phenoxy) is 1. The lowest BCUT2D eigenvalue weighted by Crippen LogP contribution is -2.59. The molecule has 2 aliphatic carbocycles. The van der Waals surface area contributed by atoms with E-state index in [1.165, 1.54) is 50.6 Å². The summed E-state index contributed by atoms with van der Waals surface area (Å²) < 4.78 is 5.51. The van der Waals surface area contributed by atoms with E-state index in [1.807, 2.05) is 30.5 Å². The van der Waals surface area contributed by atoms with Gasteiger partial charge < -0.3 is 24.7 Å². The van der Waals surface area contributed by atoms with Crippen LogP contribution < -0.4 is 4.74 Å². The first kappa shape index (κ1) is 39.2. The van der Waals surface area contributed by atoms with Crippen molar-refractivity contribution >= 4 is 40.5 Å². The molecule has 2 fully saturated rings. The van der Waals surface area contributed by atoms with Gasteiger partial charge in [0.25, 0.3) is 0 Å². The second kappa shape index (κ2) is 18.5. The molecule has 6 rings (SSSR count). The number of halogens is 2. The number of fused-ring (bicyclic) bond motifs is 1. The SMILES string of the molecule is Br.CN(C)CCC(c1ccc(Cl)cc1)c1ccccn1.COc1ccc2c(c1)[C@]13CCCC[C@H]1[C@H](C2)N(C)CC3.O=C(O)/C=C\C(=O)O. The smallest absolute Gasteiger partial charge is 0.328 e. The van der Waals surface area contributed by atoms with Crippen LogP contribution in [-0.4, -0.2) is 84.3 Å². The number of piperidine rings is 1. The van der Waals surface area contributed by atoms with Crippen LogP contribution >= 0.6 is 28.6 Å². The van der Waals surface area contributed by atoms with Gasteiger partial charge in [-0.15, -0.1) is 17.0 Å². The summed E-state index contributed by atoms with van der Waals surface area (Å²) in [5, 5.41) is 16.4. The molecule has 1 aliphatic heterocycles. The van der Waals surface area contributed by atoms with Crippen molar-refractivity contribution in [1.29, 1.82) is 0 Å². The Hall–Kier alpha value is -3.24. The first-order valence-corrected chi connectivity index (χ1v) is 16.7. The number of aliphatic carboxylic acids is 2. The average molecular weight is 743 g/mol. The van der Waals surface area contributed by atoms with Crippen LogP contribution in [0.2, 0.25) is 5.02 Å². The van der Waals surface area contributed by atoms with Crippen molar-refractivity contribution in [1.82, 2.24) is 14.8 Å². The monoisotopic (exact) mass is 741 g/mol. The third-order valence-electron chi connectivity index (χ3n) is 9.87. The molecule has 1 aromatic heterocycles. The van der Waals surface area contributed by atoms with E-state index in [0.29, 0.717) is 23.5 Å². The van der Waals surface area contributed by atoms with Crippen molar-refractivity contribution in [3.05, 3.63) is 106 Å². The molecule has 3 aromatic rings. The van der Waals surface area contributed by atoms with Gasteiger partial charge in [-0.25, -0.2) is 9.59 Å². The standard InChI is InChI=1S/C18H25NO.C16H19ClN2.C4H4O4.BrH/c1-19-10-9-18-8-4-3-5-15(18)17(19)11-13-6-7-14(20-2)12-16(13)18;1-19(2)12-10-15(16-5-3-4-11-18-16)13-6-8-14(17)9-7-13;5-3(6)1-2-4(7)8;/h6-7,12,15,17H,3-5,8-11H2,1-2H3;3-9,11,15H,10,12H2,1-2H3;1-2H,(H,5,6)(H,7,8);1H/b;;2-1-;/t15-,17-,18-;;;/m0.../s1. The van der Waals surface area contributed by atoms with E-state index in [1.54, 1.807) is 18.2 Å². The highest BCUT2D eigenvalue weighted by Gasteiger charge is 2.53. The number of nitrogens with zero attached hydrogens (tertiary/aromatic N) is 3. The number of benzene rings is 2. The van der Waals surface area contributed by atoms with Crippen molar-refractivity contribution in [3.8, 4) is 5.75 Å². The Morgan fingerprint density at radius 3 is 2.38 bits per heavy atom. The number of aromatic nitrogens is 1. The predicted octanol–water partition coefficient (Wildman–Crippen LogP) is 7.49. The van der Waals surface area contributed by atoms with Crippen LogP contribution in [0.25, 0.3) is 0 Å². The minimum Gasteiger partial charge on any atom is -0.497 e. The highest BCUT2D eigenvalue weighted by atomic mass is 79.9. The topological polar surface area (TPSA) is 103 Å². The molecule has 1 unspecified atom stereocenters. The molecule has 2 aromatic carbocycles. The van der Waals surface area contributed by atoms with Crippen molar-refractivity contribution in [3.63, 3.8) is 0 Å². The van der Waals surface area contributed by atoms with Gasteiger partial charge in [-0.2, -0.15) is 0 Å². The fraction of sp³-hybridized carbons (Fsp3) is 0.447. The highest BCUT2D eigenvalue weighted by Crippen LogP contribution is 2.55. The number of likely N-dealkylation sites (N-methyl/N-ethyl adjacent to an activating group) is 1. The number of likely N-dealkylation sites (tertiary alicyclic amines) is 1. The number of carbonyl (C=O) groups is 2. The van der Waals surface area contributed by atoms with Gasteiger partial charge >= 0.3 is 11.9 Å². The summed E-state index contributed by atoms with van der Waals surface area (Å²) in [6.45, 7) is 2.29. The quantitative estimate of drug-likeness (QED) is 0.229. The lowest BCUT2D eigenvalue weighted by atomic mass is 9.52. The summed E-state index contributed by atoms with van der Waals surface area (Å²) in [5.74, 6) is -0.282. The maximum atomic E-state index is 9.55. The molecule has 8 nitrogen and oxygen atoms in total. The van der Waals surface area contributed by atoms with Gasteiger partial charge in [-0.1, -0.05) is 48.7 Å². The maximum absolute atomic E-state index is 9.55. The lowest BCUT2D eigenvalue weighted by molar-refractivity contribution is -0.134. The molecule has 4 atom stereocenters. The molecule has 48 heavy (non-hydrogen) atoms. The number of hydrogen-bond donors (Lipinski definition) is 2. The summed E-state index contributed by atoms with van der Waals surface area (Å²) in [7, 11) is 8.31. The van der Waals surface area contributed by atoms with Crippen LogP contribution in [-0.2, 0) is 21.4 Å². The van der Waals surface area contributed by atoms with Crippen LogP contribution in [0.15, 0.2) is 79.0 Å². The molecule has 3 aliphatic rings. The second-order valence-electron chi connectivity index (χ2n) is 13.0. The van der Waals surface area contributed by atoms with Gasteiger partial charge in [0.2, 0.25) is 0 Å². The summed E-state index contributed by atoms with van der Waals surface area (Å²) in [4.78, 5) is 28.4. The largest absolute Gasteiger partial charge is 0.497 e. The van der Waals surface area contributed by atoms with E-state index in [-0.39, 0.29) is 17.0 Å². The Kier molecular flexibility index (Phi) is 15.1. The Morgan fingerprint density at radius 1 is 1.06 bits per heavy atom. The van der Waals surface area contributed by atoms with Gasteiger partial charge in [0, 0.05) is 46.4 Å². The second-order valence-corrected chi connectivity index (χ2v) is 13.4. The third-order valence-corrected chi connectivity index (χ3v) is 10.1. The van der Waals surface area contributed by atoms with E-state index in [4.69, 9.17) is 26.6 Å². The van der Waals surface area contributed by atoms with E-state index in [2.05, 4.69) is 72.3 Å². The van der Waals surface area contributed by atoms with Gasteiger partial charge in [0.05, 0.1) is 7.11 Å². The van der Waals surface area contributed by atoms with Crippen LogP contribution in [0.5, 0.6) is 5.75 Å². The Balaban J connectivity index is 0.000000211. The van der Waals surface area contributed by atoms with Gasteiger partial charge in [-0.05, 0) is 125 Å². The maximum Gasteiger partial charge on any atom is 0.328 e. The minimum atomic E-state index is -1.26. The molecular weight excluding hydrogens is 694 g/mol. The van der Waals surface area contributed by atoms with E-state index in [9.17, 15) is 9.59 Å². The summed E-state index contributed by atoms with van der Waals surface area (Å²) in [6.07, 6.45) is 12.2. The molecule has 0 radical (unpaired) electrons. The number of pyridine rings is 1. The summed E-state index contributed by atoms with van der Waals surface area (Å²) >= 11 is 5.97. The zero-order valence-corrected chi connectivity index (χ0v) is 30.8. The zero-order chi connectivity index (χ0) is 34.0. The van der Waals surface area contributed by atoms with Gasteiger partial charge in [0.15, 0.2) is 0 Å². The first-order chi connectivity index (χ1) is 22.5. The Morgan fingerprint density at radius 2 is 1.77 bits per heavy atom. The van der Waals surface area contributed by atoms with Crippen LogP contribution in [0, 0.1) is 5.92 Å². The Bertz CT molecular complexity index is 1490. The van der Waals surface area contributed by atoms with E-state index < -0.39 is 11.9 Å². The van der Waals surface area contributed by atoms with Crippen LogP contribution in [0.1, 0.15) is 66.8 Å². The van der Waals surface area contributed by atoms with Crippen molar-refractivity contribution in [2.75, 3.05) is 41.3 Å². The zero-order valence-electron chi connectivity index (χ0n) is 28.3. The molecule has 2 bridgehead atoms. The molecule has 10 heteroatoms. The number of methoxy groups -OCH3 is 1. The number of hydrogen-bond acceptors (Lipinski definition) is 6. The summed E-state index contributed by atoms with van der Waals surface area (Å²) in [5.41, 5.74) is 6.06. The number of rotatable bonds is 8. The molecule has 260 valence electrons. The highest BCUT2D eigenvalue weighted by molar-refractivity contribution is 8.93. The normalized spacial score (nSPS) is 21.6. The molecule has 1 saturated heterocycles. The molecule has 2 N–H and O–H groups in total. The Labute approximate surface area is 300 Å². The fourth-order valence-corrected chi connectivity index (χ4v) is 7.72. The summed E-state index contributed by atoms with van der Waals surface area (Å²) in [6, 6.07) is 21.8. The lowest BCUT2D eigenvalue weighted by Gasteiger charge is -2.58. The van der Waals surface area contributed by atoms with Crippen LogP contribution in [0.3, 0.4) is 0 Å². The molecule has 0 amide bonds. The molecule has 0 spiro atoms. The average Bonchev–Trinajstić information content (AvgIpc) is 3.07. The van der Waals surface area contributed by atoms with Crippen LogP contribution in [0.4, 0.5) is 0 Å². The van der Waals surface area contributed by atoms with Crippen molar-refractivity contribution in [2.45, 2.75) is 62.3 Å². The molecule has 1 saturated carbocycles. The van der Waals surface area contributed by atoms with E-state index in [0.717, 1.165) is 41.4 Å². The van der Waals surface area contributed by atoms with Crippen molar-refractivity contribution < 1.29 is 24.5 Å². The first-order valence-electron chi connectivity index (χ1n) is 16.4. The predicted molar refractivity (Wildman–Crippen MR) is 197 cm³/mol. The number of carboxylic acids is 2. The minimum absolute atomic E-state index is 0. The van der Waals surface area contributed by atoms with Crippen molar-refractivity contribution in [2.24, 2.45) is 5.92 Å². The fourth-order valence-electron chi connectivity index (χ4n) is 7.60.